The smallest absolute Gasteiger partial charge is 0.252 e. The summed E-state index contributed by atoms with van der Waals surface area (Å²) in [6.45, 7) is 3.70. The Balaban J connectivity index is 1.84. The van der Waals surface area contributed by atoms with Crippen LogP contribution >= 0.6 is 0 Å². The second-order valence-corrected chi connectivity index (χ2v) is 6.03. The number of hydrogen-bond acceptors (Lipinski definition) is 3. The Labute approximate surface area is 145 Å². The van der Waals surface area contributed by atoms with E-state index in [2.05, 4.69) is 10.3 Å². The van der Waals surface area contributed by atoms with Gasteiger partial charge in [-0.3, -0.25) is 9.78 Å². The van der Waals surface area contributed by atoms with Crippen molar-refractivity contribution >= 4 is 16.8 Å². The summed E-state index contributed by atoms with van der Waals surface area (Å²) in [7, 11) is 0. The van der Waals surface area contributed by atoms with Gasteiger partial charge in [-0.2, -0.15) is 0 Å². The molecule has 3 aromatic rings. The number of aliphatic hydroxyl groups excluding tert-OH is 1. The van der Waals surface area contributed by atoms with Crippen LogP contribution < -0.4 is 5.32 Å². The molecular formula is C20H19FN2O2. The minimum absolute atomic E-state index is 0.0750. The van der Waals surface area contributed by atoms with Crippen LogP contribution in [-0.2, 0) is 0 Å². The van der Waals surface area contributed by atoms with E-state index < -0.39 is 11.9 Å². The largest absolute Gasteiger partial charge is 0.386 e. The molecule has 1 atom stereocenters. The minimum Gasteiger partial charge on any atom is -0.386 e. The van der Waals surface area contributed by atoms with E-state index >= 15 is 0 Å². The number of aromatic nitrogens is 1. The average Bonchev–Trinajstić information content (AvgIpc) is 2.60. The van der Waals surface area contributed by atoms with E-state index in [9.17, 15) is 14.3 Å². The summed E-state index contributed by atoms with van der Waals surface area (Å²) in [4.78, 5) is 17.1. The van der Waals surface area contributed by atoms with E-state index in [1.54, 1.807) is 18.2 Å². The normalized spacial score (nSPS) is 12.2. The molecule has 0 spiro atoms. The summed E-state index contributed by atoms with van der Waals surface area (Å²) in [6.07, 6.45) is -1.11. The third-order valence-electron chi connectivity index (χ3n) is 4.13. The summed E-state index contributed by atoms with van der Waals surface area (Å²) < 4.78 is 13.7. The van der Waals surface area contributed by atoms with Gasteiger partial charge in [-0.15, -0.1) is 0 Å². The van der Waals surface area contributed by atoms with Gasteiger partial charge in [-0.05, 0) is 31.5 Å². The van der Waals surface area contributed by atoms with Crippen LogP contribution in [-0.4, -0.2) is 22.5 Å². The first kappa shape index (κ1) is 17.0. The van der Waals surface area contributed by atoms with Gasteiger partial charge in [-0.25, -0.2) is 4.39 Å². The SMILES string of the molecule is Cc1cc(C(=O)NC[C@H](O)c2ccccc2F)c2cccc(C)c2n1. The van der Waals surface area contributed by atoms with Gasteiger partial charge in [0.05, 0.1) is 17.2 Å². The molecule has 1 aromatic heterocycles. The molecule has 0 saturated carbocycles. The first-order valence-electron chi connectivity index (χ1n) is 8.05. The lowest BCUT2D eigenvalue weighted by Gasteiger charge is -2.14. The van der Waals surface area contributed by atoms with E-state index in [0.717, 1.165) is 22.2 Å². The maximum atomic E-state index is 13.7. The predicted octanol–water partition coefficient (Wildman–Crippen LogP) is 3.45. The maximum absolute atomic E-state index is 13.7. The van der Waals surface area contributed by atoms with E-state index in [1.165, 1.54) is 12.1 Å². The number of fused-ring (bicyclic) bond motifs is 1. The van der Waals surface area contributed by atoms with Gasteiger partial charge in [0.15, 0.2) is 0 Å². The summed E-state index contributed by atoms with van der Waals surface area (Å²) in [5.41, 5.74) is 3.16. The number of para-hydroxylation sites is 1. The van der Waals surface area contributed by atoms with Crippen molar-refractivity contribution < 1.29 is 14.3 Å². The Morgan fingerprint density at radius 3 is 2.72 bits per heavy atom. The number of benzene rings is 2. The molecule has 1 heterocycles. The molecule has 0 bridgehead atoms. The highest BCUT2D eigenvalue weighted by Crippen LogP contribution is 2.22. The second-order valence-electron chi connectivity index (χ2n) is 6.03. The third-order valence-corrected chi connectivity index (χ3v) is 4.13. The van der Waals surface area contributed by atoms with Gasteiger partial charge in [0.1, 0.15) is 5.82 Å². The number of amides is 1. The van der Waals surface area contributed by atoms with E-state index in [1.807, 2.05) is 32.0 Å². The zero-order valence-corrected chi connectivity index (χ0v) is 14.1. The number of aryl methyl sites for hydroxylation is 2. The van der Waals surface area contributed by atoms with E-state index in [4.69, 9.17) is 0 Å². The second kappa shape index (κ2) is 6.99. The van der Waals surface area contributed by atoms with Crippen LogP contribution in [0.4, 0.5) is 4.39 Å². The highest BCUT2D eigenvalue weighted by Gasteiger charge is 2.16. The molecule has 0 saturated heterocycles. The lowest BCUT2D eigenvalue weighted by atomic mass is 10.0. The number of rotatable bonds is 4. The van der Waals surface area contributed by atoms with Crippen LogP contribution in [0.3, 0.4) is 0 Å². The van der Waals surface area contributed by atoms with E-state index in [-0.39, 0.29) is 18.0 Å². The molecule has 0 unspecified atom stereocenters. The minimum atomic E-state index is -1.11. The molecule has 0 fully saturated rings. The molecule has 0 radical (unpaired) electrons. The quantitative estimate of drug-likeness (QED) is 0.766. The third kappa shape index (κ3) is 3.51. The Hall–Kier alpha value is -2.79. The fourth-order valence-electron chi connectivity index (χ4n) is 2.85. The maximum Gasteiger partial charge on any atom is 0.252 e. The molecule has 0 aliphatic carbocycles. The zero-order chi connectivity index (χ0) is 18.0. The summed E-state index contributed by atoms with van der Waals surface area (Å²) >= 11 is 0. The topological polar surface area (TPSA) is 62.2 Å². The number of aliphatic hydroxyl groups is 1. The number of nitrogens with one attached hydrogen (secondary N) is 1. The van der Waals surface area contributed by atoms with Gasteiger partial charge in [0, 0.05) is 23.2 Å². The molecule has 0 aliphatic heterocycles. The number of nitrogens with zero attached hydrogens (tertiary/aromatic N) is 1. The van der Waals surface area contributed by atoms with Crippen LogP contribution in [0.15, 0.2) is 48.5 Å². The van der Waals surface area contributed by atoms with Crippen molar-refractivity contribution in [1.82, 2.24) is 10.3 Å². The highest BCUT2D eigenvalue weighted by molar-refractivity contribution is 6.06. The van der Waals surface area contributed by atoms with Crippen LogP contribution in [0.1, 0.15) is 33.3 Å². The van der Waals surface area contributed by atoms with Crippen molar-refractivity contribution in [1.29, 1.82) is 0 Å². The number of halogens is 1. The van der Waals surface area contributed by atoms with Crippen LogP contribution in [0.2, 0.25) is 0 Å². The van der Waals surface area contributed by atoms with Crippen LogP contribution in [0, 0.1) is 19.7 Å². The van der Waals surface area contributed by atoms with Gasteiger partial charge in [0.25, 0.3) is 5.91 Å². The summed E-state index contributed by atoms with van der Waals surface area (Å²) in [5.74, 6) is -0.818. The molecule has 25 heavy (non-hydrogen) atoms. The van der Waals surface area contributed by atoms with Crippen molar-refractivity contribution in [2.75, 3.05) is 6.54 Å². The first-order chi connectivity index (χ1) is 12.0. The lowest BCUT2D eigenvalue weighted by molar-refractivity contribution is 0.0915. The molecule has 2 aromatic carbocycles. The standard InChI is InChI=1S/C20H19FN2O2/c1-12-6-5-8-14-16(10-13(2)23-19(12)14)20(25)22-11-18(24)15-7-3-4-9-17(15)21/h3-10,18,24H,11H2,1-2H3,(H,22,25)/t18-/m0/s1. The van der Waals surface area contributed by atoms with Crippen LogP contribution in [0.25, 0.3) is 10.9 Å². The molecule has 2 N–H and O–H groups in total. The zero-order valence-electron chi connectivity index (χ0n) is 14.1. The van der Waals surface area contributed by atoms with Gasteiger partial charge < -0.3 is 10.4 Å². The number of hydrogen-bond donors (Lipinski definition) is 2. The van der Waals surface area contributed by atoms with Crippen molar-refractivity contribution in [2.45, 2.75) is 20.0 Å². The predicted molar refractivity (Wildman–Crippen MR) is 94.9 cm³/mol. The molecule has 5 heteroatoms. The monoisotopic (exact) mass is 338 g/mol. The number of carbonyl (C=O) groups excluding carboxylic acids is 1. The Kier molecular flexibility index (Phi) is 4.76. The molecule has 4 nitrogen and oxygen atoms in total. The van der Waals surface area contributed by atoms with Crippen molar-refractivity contribution in [3.8, 4) is 0 Å². The highest BCUT2D eigenvalue weighted by atomic mass is 19.1. The first-order valence-corrected chi connectivity index (χ1v) is 8.05. The van der Waals surface area contributed by atoms with Crippen molar-refractivity contribution in [3.63, 3.8) is 0 Å². The number of carbonyl (C=O) groups is 1. The molecule has 128 valence electrons. The fraction of sp³-hybridized carbons (Fsp3) is 0.200. The molecule has 3 rings (SSSR count). The Morgan fingerprint density at radius 2 is 1.96 bits per heavy atom. The van der Waals surface area contributed by atoms with Gasteiger partial charge >= 0.3 is 0 Å². The van der Waals surface area contributed by atoms with Crippen molar-refractivity contribution in [2.24, 2.45) is 0 Å². The Bertz CT molecular complexity index is 940. The summed E-state index contributed by atoms with van der Waals surface area (Å²) in [6, 6.07) is 13.4. The van der Waals surface area contributed by atoms with Gasteiger partial charge in [-0.1, -0.05) is 36.4 Å². The van der Waals surface area contributed by atoms with Crippen molar-refractivity contribution in [3.05, 3.63) is 76.7 Å². The lowest BCUT2D eigenvalue weighted by Crippen LogP contribution is -2.29. The molecule has 0 aliphatic rings. The fourth-order valence-corrected chi connectivity index (χ4v) is 2.85. The molecule has 1 amide bonds. The average molecular weight is 338 g/mol. The van der Waals surface area contributed by atoms with E-state index in [0.29, 0.717) is 5.56 Å². The summed E-state index contributed by atoms with van der Waals surface area (Å²) in [5, 5.41) is 13.6. The Morgan fingerprint density at radius 1 is 1.20 bits per heavy atom. The van der Waals surface area contributed by atoms with Gasteiger partial charge in [0.2, 0.25) is 0 Å². The molecular weight excluding hydrogens is 319 g/mol. The van der Waals surface area contributed by atoms with Crippen LogP contribution in [0.5, 0.6) is 0 Å². The number of pyridine rings is 1.